The number of nitriles is 1. The Balaban J connectivity index is 2.56. The number of anilines is 1. The maximum absolute atomic E-state index is 13.0. The molecular formula is C13H13F3N4OS. The Morgan fingerprint density at radius 1 is 1.45 bits per heavy atom. The molecule has 1 aromatic heterocycles. The van der Waals surface area contributed by atoms with Gasteiger partial charge in [0.05, 0.1) is 23.0 Å². The predicted octanol–water partition coefficient (Wildman–Crippen LogP) is 2.24. The third-order valence-electron chi connectivity index (χ3n) is 3.76. The van der Waals surface area contributed by atoms with Crippen molar-refractivity contribution in [3.05, 3.63) is 23.5 Å². The summed E-state index contributed by atoms with van der Waals surface area (Å²) in [4.78, 5) is 18.7. The third kappa shape index (κ3) is 2.42. The Bertz CT molecular complexity index is 668. The minimum Gasteiger partial charge on any atom is -0.284 e. The molecule has 0 N–H and O–H groups in total. The van der Waals surface area contributed by atoms with E-state index >= 15 is 0 Å². The number of halogens is 3. The number of nitrogens with zero attached hydrogens (tertiary/aromatic N) is 4. The van der Waals surface area contributed by atoms with Crippen molar-refractivity contribution in [2.45, 2.75) is 31.1 Å². The van der Waals surface area contributed by atoms with Crippen LogP contribution in [-0.4, -0.2) is 33.9 Å². The van der Waals surface area contributed by atoms with E-state index in [4.69, 9.17) is 5.26 Å². The summed E-state index contributed by atoms with van der Waals surface area (Å²) in [7, 11) is 1.65. The maximum atomic E-state index is 13.0. The van der Waals surface area contributed by atoms with Crippen molar-refractivity contribution in [1.29, 1.82) is 5.26 Å². The molecule has 2 rings (SSSR count). The minimum absolute atomic E-state index is 0.0475. The van der Waals surface area contributed by atoms with Crippen LogP contribution in [0.2, 0.25) is 0 Å². The van der Waals surface area contributed by atoms with E-state index in [2.05, 4.69) is 17.6 Å². The molecule has 1 fully saturated rings. The first-order valence-electron chi connectivity index (χ1n) is 6.24. The topological polar surface area (TPSA) is 60.2 Å². The van der Waals surface area contributed by atoms with E-state index in [9.17, 15) is 18.0 Å². The van der Waals surface area contributed by atoms with Gasteiger partial charge in [0.15, 0.2) is 5.69 Å². The Morgan fingerprint density at radius 3 is 2.45 bits per heavy atom. The van der Waals surface area contributed by atoms with Crippen LogP contribution < -0.4 is 4.90 Å². The summed E-state index contributed by atoms with van der Waals surface area (Å²) in [6, 6.07) is 2.16. The second-order valence-corrected chi connectivity index (χ2v) is 5.85. The third-order valence-corrected chi connectivity index (χ3v) is 4.34. The fraction of sp³-hybridized carbons (Fsp3) is 0.462. The smallest absolute Gasteiger partial charge is 0.284 e. The molecule has 2 heterocycles. The van der Waals surface area contributed by atoms with E-state index in [1.54, 1.807) is 25.8 Å². The van der Waals surface area contributed by atoms with Crippen LogP contribution in [-0.2, 0) is 11.0 Å². The molecule has 0 bridgehead atoms. The zero-order valence-electron chi connectivity index (χ0n) is 12.0. The molecule has 0 saturated carbocycles. The normalized spacial score (nSPS) is 22.0. The van der Waals surface area contributed by atoms with E-state index in [-0.39, 0.29) is 5.69 Å². The van der Waals surface area contributed by atoms with Gasteiger partial charge in [-0.3, -0.25) is 14.6 Å². The van der Waals surface area contributed by atoms with E-state index < -0.39 is 34.4 Å². The van der Waals surface area contributed by atoms with Crippen LogP contribution in [0.25, 0.3) is 0 Å². The second kappa shape index (κ2) is 5.14. The first-order chi connectivity index (χ1) is 10.0. The van der Waals surface area contributed by atoms with Gasteiger partial charge in [-0.2, -0.15) is 18.4 Å². The molecule has 1 aliphatic rings. The van der Waals surface area contributed by atoms with Crippen molar-refractivity contribution in [3.63, 3.8) is 0 Å². The van der Waals surface area contributed by atoms with Gasteiger partial charge in [-0.05, 0) is 27.0 Å². The molecule has 0 aromatic carbocycles. The average molecular weight is 330 g/mol. The van der Waals surface area contributed by atoms with Crippen LogP contribution in [0.1, 0.15) is 25.1 Å². The highest BCUT2D eigenvalue weighted by Gasteiger charge is 2.49. The van der Waals surface area contributed by atoms with Crippen LogP contribution in [0.3, 0.4) is 0 Å². The van der Waals surface area contributed by atoms with Gasteiger partial charge in [-0.15, -0.1) is 12.6 Å². The number of likely N-dealkylation sites (N-methyl/N-ethyl adjacent to an activating group) is 1. The quantitative estimate of drug-likeness (QED) is 0.802. The molecule has 118 valence electrons. The monoisotopic (exact) mass is 330 g/mol. The number of carbonyl (C=O) groups is 1. The molecule has 0 radical (unpaired) electrons. The zero-order chi connectivity index (χ0) is 16.9. The van der Waals surface area contributed by atoms with Crippen molar-refractivity contribution in [2.75, 3.05) is 11.9 Å². The maximum Gasteiger partial charge on any atom is 0.419 e. The summed E-state index contributed by atoms with van der Waals surface area (Å²) in [6.45, 7) is 3.31. The highest BCUT2D eigenvalue weighted by atomic mass is 32.1. The van der Waals surface area contributed by atoms with Gasteiger partial charge < -0.3 is 0 Å². The first kappa shape index (κ1) is 16.6. The number of alkyl halides is 3. The summed E-state index contributed by atoms with van der Waals surface area (Å²) in [5.41, 5.74) is -3.58. The van der Waals surface area contributed by atoms with E-state index in [1.807, 2.05) is 0 Å². The molecule has 1 aliphatic heterocycles. The molecular weight excluding hydrogens is 317 g/mol. The Morgan fingerprint density at radius 2 is 2.05 bits per heavy atom. The van der Waals surface area contributed by atoms with E-state index in [1.165, 1.54) is 6.07 Å². The van der Waals surface area contributed by atoms with Gasteiger partial charge in [-0.25, -0.2) is 4.98 Å². The SMILES string of the molecule is CN1C(S)N(c2cnc(C#N)c(C(F)(F)F)c2)C(=O)C1(C)C. The lowest BCUT2D eigenvalue weighted by atomic mass is 10.0. The van der Waals surface area contributed by atoms with Gasteiger partial charge >= 0.3 is 6.18 Å². The van der Waals surface area contributed by atoms with Crippen LogP contribution in [0.15, 0.2) is 12.3 Å². The zero-order valence-corrected chi connectivity index (χ0v) is 12.9. The van der Waals surface area contributed by atoms with Gasteiger partial charge in [0.25, 0.3) is 0 Å². The summed E-state index contributed by atoms with van der Waals surface area (Å²) < 4.78 is 39.0. The molecule has 0 spiro atoms. The fourth-order valence-electron chi connectivity index (χ4n) is 2.15. The lowest BCUT2D eigenvalue weighted by Gasteiger charge is -2.26. The van der Waals surface area contributed by atoms with Gasteiger partial charge in [0, 0.05) is 0 Å². The highest BCUT2D eigenvalue weighted by molar-refractivity contribution is 7.81. The van der Waals surface area contributed by atoms with Crippen molar-refractivity contribution < 1.29 is 18.0 Å². The lowest BCUT2D eigenvalue weighted by Crippen LogP contribution is -2.41. The molecule has 1 atom stereocenters. The molecule has 5 nitrogen and oxygen atoms in total. The molecule has 9 heteroatoms. The van der Waals surface area contributed by atoms with Gasteiger partial charge in [-0.1, -0.05) is 0 Å². The number of pyridine rings is 1. The Kier molecular flexibility index (Phi) is 3.87. The highest BCUT2D eigenvalue weighted by Crippen LogP contribution is 2.38. The van der Waals surface area contributed by atoms with E-state index in [0.29, 0.717) is 0 Å². The number of amides is 1. The van der Waals surface area contributed by atoms with Crippen molar-refractivity contribution in [2.24, 2.45) is 0 Å². The van der Waals surface area contributed by atoms with Crippen molar-refractivity contribution in [3.8, 4) is 6.07 Å². The number of hydrogen-bond donors (Lipinski definition) is 1. The molecule has 0 aliphatic carbocycles. The summed E-state index contributed by atoms with van der Waals surface area (Å²) in [6.07, 6.45) is -3.66. The summed E-state index contributed by atoms with van der Waals surface area (Å²) in [5.74, 6) is -0.394. The number of thiol groups is 1. The first-order valence-corrected chi connectivity index (χ1v) is 6.75. The second-order valence-electron chi connectivity index (χ2n) is 5.39. The molecule has 1 unspecified atom stereocenters. The predicted molar refractivity (Wildman–Crippen MR) is 76.1 cm³/mol. The largest absolute Gasteiger partial charge is 0.419 e. The number of aromatic nitrogens is 1. The van der Waals surface area contributed by atoms with Crippen LogP contribution in [0.4, 0.5) is 18.9 Å². The lowest BCUT2D eigenvalue weighted by molar-refractivity contribution is -0.138. The summed E-state index contributed by atoms with van der Waals surface area (Å²) >= 11 is 4.28. The number of rotatable bonds is 1. The average Bonchev–Trinajstić information content (AvgIpc) is 2.58. The van der Waals surface area contributed by atoms with Gasteiger partial charge in [0.2, 0.25) is 5.91 Å². The van der Waals surface area contributed by atoms with Gasteiger partial charge in [0.1, 0.15) is 11.6 Å². The van der Waals surface area contributed by atoms with Crippen molar-refractivity contribution in [1.82, 2.24) is 9.88 Å². The number of carbonyl (C=O) groups excluding carboxylic acids is 1. The van der Waals surface area contributed by atoms with E-state index in [0.717, 1.165) is 17.2 Å². The molecule has 1 saturated heterocycles. The molecule has 1 aromatic rings. The van der Waals surface area contributed by atoms with Crippen molar-refractivity contribution >= 4 is 24.2 Å². The minimum atomic E-state index is -4.73. The van der Waals surface area contributed by atoms with Crippen LogP contribution in [0.5, 0.6) is 0 Å². The Labute approximate surface area is 130 Å². The molecule has 22 heavy (non-hydrogen) atoms. The summed E-state index contributed by atoms with van der Waals surface area (Å²) in [5, 5.41) is 8.75. The Hall–Kier alpha value is -1.79. The standard InChI is InChI=1S/C13H13F3N4OS/c1-12(2)10(21)20(11(22)19(12)3)7-4-8(13(14,15)16)9(5-17)18-6-7/h4,6,11,22H,1-3H3. The van der Waals surface area contributed by atoms with Crippen LogP contribution >= 0.6 is 12.6 Å². The van der Waals surface area contributed by atoms with Crippen LogP contribution in [0, 0.1) is 11.3 Å². The molecule has 1 amide bonds. The number of hydrogen-bond acceptors (Lipinski definition) is 5. The fourth-order valence-corrected chi connectivity index (χ4v) is 2.68.